The van der Waals surface area contributed by atoms with Crippen molar-refractivity contribution in [2.75, 3.05) is 28.4 Å². The highest BCUT2D eigenvalue weighted by Gasteiger charge is 2.16. The molecule has 9 heteroatoms. The fourth-order valence-electron chi connectivity index (χ4n) is 3.06. The normalized spacial score (nSPS) is 11.2. The number of nitrogens with zero attached hydrogens (tertiary/aromatic N) is 3. The lowest BCUT2D eigenvalue weighted by molar-refractivity contribution is -0.116. The summed E-state index contributed by atoms with van der Waals surface area (Å²) in [4.78, 5) is 26.1. The van der Waals surface area contributed by atoms with Crippen molar-refractivity contribution >= 4 is 40.8 Å². The highest BCUT2D eigenvalue weighted by atomic mass is 16.5. The summed E-state index contributed by atoms with van der Waals surface area (Å²) in [7, 11) is 1.58. The summed E-state index contributed by atoms with van der Waals surface area (Å²) < 4.78 is 5.21. The minimum atomic E-state index is -0.622. The van der Waals surface area contributed by atoms with Gasteiger partial charge >= 0.3 is 0 Å². The van der Waals surface area contributed by atoms with E-state index < -0.39 is 6.04 Å². The van der Waals surface area contributed by atoms with Crippen LogP contribution in [0, 0.1) is 0 Å². The molecular weight excluding hydrogens is 430 g/mol. The number of hydrogen-bond donors (Lipinski definition) is 4. The molecule has 1 amide bonds. The highest BCUT2D eigenvalue weighted by molar-refractivity contribution is 5.96. The summed E-state index contributed by atoms with van der Waals surface area (Å²) in [5.74, 6) is 1.33. The van der Waals surface area contributed by atoms with E-state index in [0.717, 1.165) is 11.4 Å². The van der Waals surface area contributed by atoms with Crippen molar-refractivity contribution in [2.45, 2.75) is 13.0 Å². The maximum atomic E-state index is 12.8. The average molecular weight is 456 g/mol. The van der Waals surface area contributed by atoms with E-state index in [1.54, 1.807) is 26.2 Å². The number of ether oxygens (including phenoxy) is 1. The monoisotopic (exact) mass is 455 g/mol. The summed E-state index contributed by atoms with van der Waals surface area (Å²) >= 11 is 0. The van der Waals surface area contributed by atoms with Crippen molar-refractivity contribution in [2.24, 2.45) is 0 Å². The maximum absolute atomic E-state index is 12.8. The van der Waals surface area contributed by atoms with Crippen LogP contribution in [0.15, 0.2) is 84.9 Å². The number of para-hydroxylation sites is 2. The van der Waals surface area contributed by atoms with E-state index in [9.17, 15) is 4.79 Å². The molecule has 4 aromatic rings. The molecule has 0 aliphatic heterocycles. The summed E-state index contributed by atoms with van der Waals surface area (Å²) in [5, 5.41) is 12.3. The van der Waals surface area contributed by atoms with Gasteiger partial charge < -0.3 is 26.0 Å². The first-order chi connectivity index (χ1) is 16.6. The molecule has 0 bridgehead atoms. The molecule has 0 unspecified atom stereocenters. The van der Waals surface area contributed by atoms with Crippen LogP contribution in [0.25, 0.3) is 0 Å². The SMILES string of the molecule is COc1cccc(NC(=O)[C@@H](C)Nc2nc(Nc3ccccc3)nc(Nc3ccccc3)n2)c1. The van der Waals surface area contributed by atoms with Crippen LogP contribution in [-0.4, -0.2) is 34.0 Å². The molecule has 0 spiro atoms. The summed E-state index contributed by atoms with van der Waals surface area (Å²) in [5.41, 5.74) is 2.29. The Hall–Kier alpha value is -4.66. The molecular formula is C25H25N7O2. The molecule has 34 heavy (non-hydrogen) atoms. The lowest BCUT2D eigenvalue weighted by atomic mass is 10.2. The van der Waals surface area contributed by atoms with Gasteiger partial charge in [0.25, 0.3) is 0 Å². The Morgan fingerprint density at radius 3 is 1.82 bits per heavy atom. The van der Waals surface area contributed by atoms with Gasteiger partial charge in [-0.15, -0.1) is 0 Å². The zero-order valence-electron chi connectivity index (χ0n) is 18.8. The molecule has 4 N–H and O–H groups in total. The maximum Gasteiger partial charge on any atom is 0.246 e. The lowest BCUT2D eigenvalue weighted by Gasteiger charge is -2.16. The fraction of sp³-hybridized carbons (Fsp3) is 0.120. The van der Waals surface area contributed by atoms with E-state index in [-0.39, 0.29) is 11.9 Å². The molecule has 0 saturated carbocycles. The van der Waals surface area contributed by atoms with E-state index >= 15 is 0 Å². The quantitative estimate of drug-likeness (QED) is 0.284. The summed E-state index contributed by atoms with van der Waals surface area (Å²) in [6, 6.07) is 25.7. The Kier molecular flexibility index (Phi) is 7.14. The van der Waals surface area contributed by atoms with Crippen LogP contribution in [0.2, 0.25) is 0 Å². The number of rotatable bonds is 9. The lowest BCUT2D eigenvalue weighted by Crippen LogP contribution is -2.32. The van der Waals surface area contributed by atoms with Gasteiger partial charge in [0.2, 0.25) is 23.8 Å². The number of amides is 1. The first-order valence-corrected chi connectivity index (χ1v) is 10.7. The molecule has 1 atom stereocenters. The van der Waals surface area contributed by atoms with E-state index in [2.05, 4.69) is 36.2 Å². The zero-order valence-corrected chi connectivity index (χ0v) is 18.8. The van der Waals surface area contributed by atoms with Crippen LogP contribution in [0.4, 0.5) is 34.9 Å². The molecule has 1 aromatic heterocycles. The molecule has 0 fully saturated rings. The summed E-state index contributed by atoms with van der Waals surface area (Å²) in [6.07, 6.45) is 0. The van der Waals surface area contributed by atoms with Crippen molar-refractivity contribution in [3.63, 3.8) is 0 Å². The van der Waals surface area contributed by atoms with Crippen LogP contribution in [0.1, 0.15) is 6.92 Å². The second-order valence-electron chi connectivity index (χ2n) is 7.38. The van der Waals surface area contributed by atoms with Gasteiger partial charge in [0.05, 0.1) is 7.11 Å². The highest BCUT2D eigenvalue weighted by Crippen LogP contribution is 2.20. The molecule has 0 aliphatic carbocycles. The number of methoxy groups -OCH3 is 1. The number of benzene rings is 3. The number of hydrogen-bond acceptors (Lipinski definition) is 8. The summed E-state index contributed by atoms with van der Waals surface area (Å²) in [6.45, 7) is 1.73. The van der Waals surface area contributed by atoms with Gasteiger partial charge in [0.1, 0.15) is 11.8 Å². The Bertz CT molecular complexity index is 1180. The first kappa shape index (κ1) is 22.5. The van der Waals surface area contributed by atoms with Gasteiger partial charge in [-0.1, -0.05) is 42.5 Å². The molecule has 3 aromatic carbocycles. The molecule has 4 rings (SSSR count). The van der Waals surface area contributed by atoms with Crippen LogP contribution >= 0.6 is 0 Å². The molecule has 172 valence electrons. The van der Waals surface area contributed by atoms with Gasteiger partial charge in [-0.2, -0.15) is 15.0 Å². The van der Waals surface area contributed by atoms with Crippen LogP contribution in [0.3, 0.4) is 0 Å². The first-order valence-electron chi connectivity index (χ1n) is 10.7. The minimum Gasteiger partial charge on any atom is -0.497 e. The van der Waals surface area contributed by atoms with Crippen LogP contribution < -0.4 is 26.0 Å². The second kappa shape index (κ2) is 10.8. The average Bonchev–Trinajstić information content (AvgIpc) is 2.85. The molecule has 1 heterocycles. The van der Waals surface area contributed by atoms with Crippen molar-refractivity contribution in [1.82, 2.24) is 15.0 Å². The third-order valence-electron chi connectivity index (χ3n) is 4.77. The smallest absolute Gasteiger partial charge is 0.246 e. The van der Waals surface area contributed by atoms with Gasteiger partial charge in [0.15, 0.2) is 0 Å². The van der Waals surface area contributed by atoms with Crippen molar-refractivity contribution < 1.29 is 9.53 Å². The van der Waals surface area contributed by atoms with E-state index in [1.165, 1.54) is 0 Å². The topological polar surface area (TPSA) is 113 Å². The Morgan fingerprint density at radius 2 is 1.26 bits per heavy atom. The van der Waals surface area contributed by atoms with Crippen LogP contribution in [-0.2, 0) is 4.79 Å². The Balaban J connectivity index is 1.53. The number of nitrogens with one attached hydrogen (secondary N) is 4. The third kappa shape index (κ3) is 6.19. The van der Waals surface area contributed by atoms with Gasteiger partial charge in [0, 0.05) is 23.1 Å². The van der Waals surface area contributed by atoms with Crippen molar-refractivity contribution in [1.29, 1.82) is 0 Å². The van der Waals surface area contributed by atoms with E-state index in [1.807, 2.05) is 72.8 Å². The number of anilines is 6. The van der Waals surface area contributed by atoms with Crippen LogP contribution in [0.5, 0.6) is 5.75 Å². The molecule has 0 aliphatic rings. The van der Waals surface area contributed by atoms with Gasteiger partial charge in [-0.05, 0) is 43.3 Å². The van der Waals surface area contributed by atoms with E-state index in [0.29, 0.717) is 23.3 Å². The predicted octanol–water partition coefficient (Wildman–Crippen LogP) is 4.81. The van der Waals surface area contributed by atoms with Gasteiger partial charge in [-0.3, -0.25) is 4.79 Å². The molecule has 0 saturated heterocycles. The van der Waals surface area contributed by atoms with Gasteiger partial charge in [-0.25, -0.2) is 0 Å². The molecule has 0 radical (unpaired) electrons. The number of aromatic nitrogens is 3. The third-order valence-corrected chi connectivity index (χ3v) is 4.77. The second-order valence-corrected chi connectivity index (χ2v) is 7.38. The van der Waals surface area contributed by atoms with Crippen molar-refractivity contribution in [3.8, 4) is 5.75 Å². The largest absolute Gasteiger partial charge is 0.497 e. The minimum absolute atomic E-state index is 0.246. The van der Waals surface area contributed by atoms with Crippen molar-refractivity contribution in [3.05, 3.63) is 84.9 Å². The number of carbonyl (C=O) groups excluding carboxylic acids is 1. The molecule has 9 nitrogen and oxygen atoms in total. The standard InChI is InChI=1S/C25H25N7O2/c1-17(22(33)27-20-14-9-15-21(16-20)34-2)26-23-30-24(28-18-10-5-3-6-11-18)32-25(31-23)29-19-12-7-4-8-13-19/h3-17H,1-2H3,(H,27,33)(H3,26,28,29,30,31,32)/t17-/m1/s1. The Morgan fingerprint density at radius 1 is 0.735 bits per heavy atom. The zero-order chi connectivity index (χ0) is 23.8. The van der Waals surface area contributed by atoms with E-state index in [4.69, 9.17) is 4.74 Å². The predicted molar refractivity (Wildman–Crippen MR) is 134 cm³/mol. The fourth-order valence-corrected chi connectivity index (χ4v) is 3.06. The number of carbonyl (C=O) groups is 1. The Labute approximate surface area is 197 Å².